The van der Waals surface area contributed by atoms with Crippen LogP contribution >= 0.6 is 0 Å². The van der Waals surface area contributed by atoms with Gasteiger partial charge in [0.1, 0.15) is 5.75 Å². The molecule has 0 spiro atoms. The van der Waals surface area contributed by atoms with Gasteiger partial charge in [-0.05, 0) is 25.2 Å². The molecular formula is C12H20N2O. The van der Waals surface area contributed by atoms with Crippen LogP contribution in [0, 0.1) is 0 Å². The number of hydrogen-bond donors (Lipinski definition) is 2. The SMILES string of the molecule is CCN(CC)CCNc1cccc(O)c1. The van der Waals surface area contributed by atoms with Crippen LogP contribution < -0.4 is 5.32 Å². The second-order valence-corrected chi connectivity index (χ2v) is 3.50. The fourth-order valence-electron chi connectivity index (χ4n) is 1.51. The second-order valence-electron chi connectivity index (χ2n) is 3.50. The number of likely N-dealkylation sites (N-methyl/N-ethyl adjacent to an activating group) is 1. The summed E-state index contributed by atoms with van der Waals surface area (Å²) in [4.78, 5) is 2.36. The minimum atomic E-state index is 0.308. The number of nitrogens with one attached hydrogen (secondary N) is 1. The van der Waals surface area contributed by atoms with Gasteiger partial charge in [-0.15, -0.1) is 0 Å². The fourth-order valence-corrected chi connectivity index (χ4v) is 1.51. The Hall–Kier alpha value is -1.22. The number of benzene rings is 1. The van der Waals surface area contributed by atoms with E-state index in [2.05, 4.69) is 24.1 Å². The molecule has 1 aromatic carbocycles. The van der Waals surface area contributed by atoms with E-state index in [1.165, 1.54) is 0 Å². The smallest absolute Gasteiger partial charge is 0.117 e. The molecule has 3 nitrogen and oxygen atoms in total. The third-order valence-corrected chi connectivity index (χ3v) is 2.50. The summed E-state index contributed by atoms with van der Waals surface area (Å²) >= 11 is 0. The molecule has 0 fully saturated rings. The zero-order valence-electron chi connectivity index (χ0n) is 9.53. The molecule has 2 N–H and O–H groups in total. The Morgan fingerprint density at radius 3 is 2.60 bits per heavy atom. The Balaban J connectivity index is 2.31. The van der Waals surface area contributed by atoms with Gasteiger partial charge >= 0.3 is 0 Å². The molecule has 1 rings (SSSR count). The average Bonchev–Trinajstić information content (AvgIpc) is 2.25. The molecule has 0 saturated carbocycles. The Labute approximate surface area is 91.7 Å². The minimum Gasteiger partial charge on any atom is -0.508 e. The van der Waals surface area contributed by atoms with Crippen molar-refractivity contribution in [1.82, 2.24) is 4.90 Å². The third kappa shape index (κ3) is 4.21. The van der Waals surface area contributed by atoms with Gasteiger partial charge in [-0.3, -0.25) is 0 Å². The van der Waals surface area contributed by atoms with Crippen molar-refractivity contribution < 1.29 is 5.11 Å². The summed E-state index contributed by atoms with van der Waals surface area (Å²) in [6.07, 6.45) is 0. The lowest BCUT2D eigenvalue weighted by atomic mass is 10.3. The molecule has 0 saturated heterocycles. The minimum absolute atomic E-state index is 0.308. The molecule has 0 aliphatic heterocycles. The lowest BCUT2D eigenvalue weighted by Crippen LogP contribution is -2.28. The molecule has 84 valence electrons. The van der Waals surface area contributed by atoms with Crippen molar-refractivity contribution >= 4 is 5.69 Å². The summed E-state index contributed by atoms with van der Waals surface area (Å²) in [5.41, 5.74) is 0.974. The van der Waals surface area contributed by atoms with E-state index >= 15 is 0 Å². The maximum Gasteiger partial charge on any atom is 0.117 e. The maximum atomic E-state index is 9.26. The summed E-state index contributed by atoms with van der Waals surface area (Å²) in [6.45, 7) is 8.43. The zero-order chi connectivity index (χ0) is 11.1. The number of rotatable bonds is 6. The van der Waals surface area contributed by atoms with Crippen molar-refractivity contribution in [3.05, 3.63) is 24.3 Å². The molecule has 0 heterocycles. The molecule has 0 aliphatic rings. The molecule has 0 aromatic heterocycles. The lowest BCUT2D eigenvalue weighted by molar-refractivity contribution is 0.316. The molecule has 0 aliphatic carbocycles. The van der Waals surface area contributed by atoms with Gasteiger partial charge in [-0.25, -0.2) is 0 Å². The summed E-state index contributed by atoms with van der Waals surface area (Å²) in [7, 11) is 0. The number of hydrogen-bond acceptors (Lipinski definition) is 3. The Morgan fingerprint density at radius 1 is 1.27 bits per heavy atom. The van der Waals surface area contributed by atoms with Gasteiger partial charge in [0.05, 0.1) is 0 Å². The van der Waals surface area contributed by atoms with Crippen LogP contribution in [-0.2, 0) is 0 Å². The van der Waals surface area contributed by atoms with Gasteiger partial charge in [0.2, 0.25) is 0 Å². The quantitative estimate of drug-likeness (QED) is 0.752. The van der Waals surface area contributed by atoms with Crippen molar-refractivity contribution in [3.63, 3.8) is 0 Å². The van der Waals surface area contributed by atoms with Crippen LogP contribution in [0.2, 0.25) is 0 Å². The molecule has 1 aromatic rings. The molecule has 0 bridgehead atoms. The molecule has 15 heavy (non-hydrogen) atoms. The van der Waals surface area contributed by atoms with Gasteiger partial charge in [0.25, 0.3) is 0 Å². The Morgan fingerprint density at radius 2 is 2.00 bits per heavy atom. The average molecular weight is 208 g/mol. The van der Waals surface area contributed by atoms with Crippen LogP contribution in [0.4, 0.5) is 5.69 Å². The first-order valence-electron chi connectivity index (χ1n) is 5.51. The normalized spacial score (nSPS) is 10.6. The van der Waals surface area contributed by atoms with Crippen LogP contribution in [0.1, 0.15) is 13.8 Å². The van der Waals surface area contributed by atoms with E-state index in [9.17, 15) is 5.11 Å². The highest BCUT2D eigenvalue weighted by Gasteiger charge is 1.98. The summed E-state index contributed by atoms with van der Waals surface area (Å²) in [6, 6.07) is 7.22. The standard InChI is InChI=1S/C12H20N2O/c1-3-14(4-2)9-8-13-11-6-5-7-12(15)10-11/h5-7,10,13,15H,3-4,8-9H2,1-2H3. The van der Waals surface area contributed by atoms with Gasteiger partial charge in [0, 0.05) is 24.8 Å². The first kappa shape index (κ1) is 11.9. The number of phenols is 1. The first-order valence-corrected chi connectivity index (χ1v) is 5.51. The first-order chi connectivity index (χ1) is 7.26. The Kier molecular flexibility index (Phi) is 4.98. The van der Waals surface area contributed by atoms with Crippen molar-refractivity contribution in [2.45, 2.75) is 13.8 Å². The zero-order valence-corrected chi connectivity index (χ0v) is 9.53. The predicted molar refractivity (Wildman–Crippen MR) is 64.4 cm³/mol. The fraction of sp³-hybridized carbons (Fsp3) is 0.500. The lowest BCUT2D eigenvalue weighted by Gasteiger charge is -2.18. The monoisotopic (exact) mass is 208 g/mol. The summed E-state index contributed by atoms with van der Waals surface area (Å²) in [5.74, 6) is 0.308. The molecule has 0 amide bonds. The van der Waals surface area contributed by atoms with Gasteiger partial charge in [-0.1, -0.05) is 19.9 Å². The highest BCUT2D eigenvalue weighted by molar-refractivity contribution is 5.47. The highest BCUT2D eigenvalue weighted by atomic mass is 16.3. The van der Waals surface area contributed by atoms with Crippen molar-refractivity contribution in [1.29, 1.82) is 0 Å². The topological polar surface area (TPSA) is 35.5 Å². The van der Waals surface area contributed by atoms with E-state index in [0.29, 0.717) is 5.75 Å². The molecule has 0 atom stereocenters. The largest absolute Gasteiger partial charge is 0.508 e. The van der Waals surface area contributed by atoms with E-state index in [0.717, 1.165) is 31.9 Å². The molecular weight excluding hydrogens is 188 g/mol. The van der Waals surface area contributed by atoms with Crippen molar-refractivity contribution in [3.8, 4) is 5.75 Å². The molecule has 0 radical (unpaired) electrons. The van der Waals surface area contributed by atoms with Crippen LogP contribution in [0.3, 0.4) is 0 Å². The summed E-state index contributed by atoms with van der Waals surface area (Å²) < 4.78 is 0. The van der Waals surface area contributed by atoms with Gasteiger partial charge < -0.3 is 15.3 Å². The second kappa shape index (κ2) is 6.30. The predicted octanol–water partition coefficient (Wildman–Crippen LogP) is 2.15. The van der Waals surface area contributed by atoms with Crippen LogP contribution in [-0.4, -0.2) is 36.2 Å². The number of anilines is 1. The van der Waals surface area contributed by atoms with E-state index in [4.69, 9.17) is 0 Å². The van der Waals surface area contributed by atoms with Crippen LogP contribution in [0.5, 0.6) is 5.75 Å². The molecule has 0 unspecified atom stereocenters. The van der Waals surface area contributed by atoms with Gasteiger partial charge in [0.15, 0.2) is 0 Å². The number of aromatic hydroxyl groups is 1. The number of nitrogens with zero attached hydrogens (tertiary/aromatic N) is 1. The van der Waals surface area contributed by atoms with Crippen LogP contribution in [0.15, 0.2) is 24.3 Å². The summed E-state index contributed by atoms with van der Waals surface area (Å²) in [5, 5.41) is 12.5. The molecule has 3 heteroatoms. The third-order valence-electron chi connectivity index (χ3n) is 2.50. The van der Waals surface area contributed by atoms with Crippen molar-refractivity contribution in [2.75, 3.05) is 31.5 Å². The maximum absolute atomic E-state index is 9.26. The van der Waals surface area contributed by atoms with Crippen LogP contribution in [0.25, 0.3) is 0 Å². The highest BCUT2D eigenvalue weighted by Crippen LogP contribution is 2.14. The van der Waals surface area contributed by atoms with E-state index in [1.807, 2.05) is 12.1 Å². The van der Waals surface area contributed by atoms with Crippen molar-refractivity contribution in [2.24, 2.45) is 0 Å². The van der Waals surface area contributed by atoms with Gasteiger partial charge in [-0.2, -0.15) is 0 Å². The Bertz CT molecular complexity index is 285. The van der Waals surface area contributed by atoms with E-state index in [-0.39, 0.29) is 0 Å². The number of phenolic OH excluding ortho intramolecular Hbond substituents is 1. The van der Waals surface area contributed by atoms with E-state index < -0.39 is 0 Å². The van der Waals surface area contributed by atoms with E-state index in [1.54, 1.807) is 12.1 Å².